The first-order chi connectivity index (χ1) is 28.5. The van der Waals surface area contributed by atoms with Crippen molar-refractivity contribution < 1.29 is 57.1 Å². The molecule has 0 atom stereocenters. The maximum absolute atomic E-state index is 12.3. The highest BCUT2D eigenvalue weighted by Crippen LogP contribution is 2.26. The molecule has 0 heterocycles. The molecule has 3 aromatic rings. The van der Waals surface area contributed by atoms with Crippen LogP contribution in [0.25, 0.3) is 23.3 Å². The van der Waals surface area contributed by atoms with Crippen LogP contribution in [0.3, 0.4) is 0 Å². The Balaban J connectivity index is 1.13. The Morgan fingerprint density at radius 2 is 1.22 bits per heavy atom. The topological polar surface area (TPSA) is 150 Å². The number of rotatable bonds is 22. The molecule has 0 spiro atoms. The van der Waals surface area contributed by atoms with Crippen LogP contribution in [0.2, 0.25) is 0 Å². The summed E-state index contributed by atoms with van der Waals surface area (Å²) in [6.45, 7) is 9.87. The molecule has 12 heteroatoms. The number of benzene rings is 3. The van der Waals surface area contributed by atoms with Gasteiger partial charge in [-0.3, -0.25) is 9.59 Å². The van der Waals surface area contributed by atoms with E-state index in [4.69, 9.17) is 28.4 Å². The van der Waals surface area contributed by atoms with E-state index in [9.17, 15) is 24.0 Å². The first-order valence-corrected chi connectivity index (χ1v) is 20.0. The summed E-state index contributed by atoms with van der Waals surface area (Å²) in [6.07, 6.45) is 9.76. The average molecular weight is 811 g/mol. The lowest BCUT2D eigenvalue weighted by Crippen LogP contribution is -2.22. The summed E-state index contributed by atoms with van der Waals surface area (Å²) in [7, 11) is 1.22. The second kappa shape index (κ2) is 24.6. The number of esters is 4. The Morgan fingerprint density at radius 1 is 0.661 bits per heavy atom. The van der Waals surface area contributed by atoms with Crippen molar-refractivity contribution in [3.8, 4) is 22.6 Å². The third kappa shape index (κ3) is 16.3. The molecule has 3 aromatic carbocycles. The molecule has 4 rings (SSSR count). The van der Waals surface area contributed by atoms with E-state index in [-0.39, 0.29) is 49.9 Å². The highest BCUT2D eigenvalue weighted by molar-refractivity contribution is 5.93. The SMILES string of the molecule is C=C(CC(=O)OC)C(=O)OCCCCOC(=O)Oc1ccc(/C=C/c2ccc(-c3ccc(OCCCOC(=O)C(=C)CC(=O)OC4CCCCC4)cc3)cc2)cc1CC. The van der Waals surface area contributed by atoms with Gasteiger partial charge in [0.05, 0.1) is 46.4 Å². The predicted molar refractivity (Wildman–Crippen MR) is 222 cm³/mol. The Morgan fingerprint density at radius 3 is 1.85 bits per heavy atom. The normalized spacial score (nSPS) is 12.6. The smallest absolute Gasteiger partial charge is 0.493 e. The van der Waals surface area contributed by atoms with E-state index in [0.717, 1.165) is 59.9 Å². The number of hydrogen-bond donors (Lipinski definition) is 0. The van der Waals surface area contributed by atoms with E-state index in [0.29, 0.717) is 43.8 Å². The monoisotopic (exact) mass is 810 g/mol. The van der Waals surface area contributed by atoms with Gasteiger partial charge in [0.25, 0.3) is 0 Å². The van der Waals surface area contributed by atoms with Crippen molar-refractivity contribution >= 4 is 42.2 Å². The van der Waals surface area contributed by atoms with E-state index < -0.39 is 30.0 Å². The van der Waals surface area contributed by atoms with Crippen molar-refractivity contribution in [2.45, 2.75) is 83.7 Å². The van der Waals surface area contributed by atoms with Crippen LogP contribution in [-0.2, 0) is 49.3 Å². The van der Waals surface area contributed by atoms with E-state index in [1.54, 1.807) is 6.07 Å². The van der Waals surface area contributed by atoms with Crippen molar-refractivity contribution in [1.82, 2.24) is 0 Å². The zero-order valence-corrected chi connectivity index (χ0v) is 34.0. The molecule has 1 aliphatic carbocycles. The van der Waals surface area contributed by atoms with Crippen LogP contribution in [-0.4, -0.2) is 69.7 Å². The van der Waals surface area contributed by atoms with E-state index in [2.05, 4.69) is 17.9 Å². The minimum absolute atomic E-state index is 0.00953. The summed E-state index contributed by atoms with van der Waals surface area (Å²) in [6, 6.07) is 21.5. The van der Waals surface area contributed by atoms with E-state index in [1.807, 2.05) is 79.7 Å². The van der Waals surface area contributed by atoms with Crippen LogP contribution in [0.4, 0.5) is 4.79 Å². The van der Waals surface area contributed by atoms with Crippen LogP contribution in [0.1, 0.15) is 87.8 Å². The highest BCUT2D eigenvalue weighted by Gasteiger charge is 2.20. The first kappa shape index (κ1) is 45.5. The lowest BCUT2D eigenvalue weighted by Gasteiger charge is -2.21. The molecule has 0 radical (unpaired) electrons. The minimum atomic E-state index is -0.821. The highest BCUT2D eigenvalue weighted by atomic mass is 16.7. The fourth-order valence-corrected chi connectivity index (χ4v) is 6.04. The van der Waals surface area contributed by atoms with Crippen LogP contribution >= 0.6 is 0 Å². The number of hydrogen-bond acceptors (Lipinski definition) is 12. The molecule has 0 amide bonds. The van der Waals surface area contributed by atoms with Crippen molar-refractivity contribution in [3.63, 3.8) is 0 Å². The van der Waals surface area contributed by atoms with Gasteiger partial charge < -0.3 is 33.2 Å². The van der Waals surface area contributed by atoms with Crippen molar-refractivity contribution in [3.05, 3.63) is 108 Å². The third-order valence-electron chi connectivity index (χ3n) is 9.38. The van der Waals surface area contributed by atoms with Gasteiger partial charge in [0.1, 0.15) is 17.6 Å². The molecule has 0 aromatic heterocycles. The molecule has 1 saturated carbocycles. The number of carbonyl (C=O) groups excluding carboxylic acids is 5. The number of methoxy groups -OCH3 is 1. The molecule has 0 N–H and O–H groups in total. The summed E-state index contributed by atoms with van der Waals surface area (Å²) in [5, 5.41) is 0. The zero-order valence-electron chi connectivity index (χ0n) is 34.0. The number of aryl methyl sites for hydroxylation is 1. The molecule has 1 aliphatic rings. The molecule has 12 nitrogen and oxygen atoms in total. The van der Waals surface area contributed by atoms with Gasteiger partial charge in [0.2, 0.25) is 0 Å². The van der Waals surface area contributed by atoms with Gasteiger partial charge in [0, 0.05) is 17.6 Å². The quantitative estimate of drug-likeness (QED) is 0.0238. The molecule has 0 saturated heterocycles. The Kier molecular flexibility index (Phi) is 19.0. The molecular formula is C47H54O12. The van der Waals surface area contributed by atoms with Crippen LogP contribution in [0.5, 0.6) is 11.5 Å². The van der Waals surface area contributed by atoms with Crippen LogP contribution < -0.4 is 9.47 Å². The zero-order chi connectivity index (χ0) is 42.4. The molecular weight excluding hydrogens is 757 g/mol. The van der Waals surface area contributed by atoms with E-state index in [1.165, 1.54) is 7.11 Å². The van der Waals surface area contributed by atoms with Gasteiger partial charge >= 0.3 is 30.0 Å². The van der Waals surface area contributed by atoms with Crippen molar-refractivity contribution in [2.75, 3.05) is 33.5 Å². The minimum Gasteiger partial charge on any atom is -0.493 e. The maximum Gasteiger partial charge on any atom is 0.513 e. The van der Waals surface area contributed by atoms with Crippen LogP contribution in [0.15, 0.2) is 91.0 Å². The number of unbranched alkanes of at least 4 members (excludes halogenated alkanes) is 1. The molecule has 0 aliphatic heterocycles. The molecule has 314 valence electrons. The Labute approximate surface area is 346 Å². The van der Waals surface area contributed by atoms with Crippen molar-refractivity contribution in [2.24, 2.45) is 0 Å². The predicted octanol–water partition coefficient (Wildman–Crippen LogP) is 9.18. The first-order valence-electron chi connectivity index (χ1n) is 20.0. The Hall–Kier alpha value is -6.17. The lowest BCUT2D eigenvalue weighted by molar-refractivity contribution is -0.151. The van der Waals surface area contributed by atoms with Gasteiger partial charge in [-0.2, -0.15) is 0 Å². The molecule has 1 fully saturated rings. The summed E-state index contributed by atoms with van der Waals surface area (Å²) < 4.78 is 36.7. The maximum atomic E-state index is 12.3. The van der Waals surface area contributed by atoms with Gasteiger partial charge in [-0.25, -0.2) is 14.4 Å². The van der Waals surface area contributed by atoms with Gasteiger partial charge in [-0.05, 0) is 97.0 Å². The second-order valence-electron chi connectivity index (χ2n) is 14.0. The fraction of sp³-hybridized carbons (Fsp3) is 0.383. The summed E-state index contributed by atoms with van der Waals surface area (Å²) in [5.74, 6) is -1.16. The van der Waals surface area contributed by atoms with Crippen molar-refractivity contribution in [1.29, 1.82) is 0 Å². The standard InChI is InChI=1S/C47H54O12/c1-5-37-32-36(18-25-42(37)59-47(52)57-27-10-9-26-55-45(50)33(2)30-43(48)53-4)15-14-35-16-19-38(20-17-35)39-21-23-40(24-22-39)54-28-11-29-56-46(51)34(3)31-44(49)58-41-12-7-6-8-13-41/h14-25,32,41H,2-3,5-13,26-31H2,1,4H3/b15-14+. The summed E-state index contributed by atoms with van der Waals surface area (Å²) >= 11 is 0. The fourth-order valence-electron chi connectivity index (χ4n) is 6.04. The molecule has 0 unspecified atom stereocenters. The van der Waals surface area contributed by atoms with Gasteiger partial charge in [-0.1, -0.05) is 81.1 Å². The summed E-state index contributed by atoms with van der Waals surface area (Å²) in [5.41, 5.74) is 4.99. The lowest BCUT2D eigenvalue weighted by atomic mass is 9.98. The van der Waals surface area contributed by atoms with Crippen LogP contribution in [0, 0.1) is 0 Å². The number of carbonyl (C=O) groups is 5. The van der Waals surface area contributed by atoms with E-state index >= 15 is 0 Å². The van der Waals surface area contributed by atoms with Gasteiger partial charge in [0.15, 0.2) is 0 Å². The number of ether oxygens (including phenoxy) is 7. The molecule has 0 bridgehead atoms. The van der Waals surface area contributed by atoms with Gasteiger partial charge in [-0.15, -0.1) is 0 Å². The second-order valence-corrected chi connectivity index (χ2v) is 14.0. The third-order valence-corrected chi connectivity index (χ3v) is 9.38. The largest absolute Gasteiger partial charge is 0.513 e. The average Bonchev–Trinajstić information content (AvgIpc) is 3.24. The summed E-state index contributed by atoms with van der Waals surface area (Å²) in [4.78, 5) is 59.8. The molecule has 59 heavy (non-hydrogen) atoms. The Bertz CT molecular complexity index is 1920.